The van der Waals surface area contributed by atoms with Gasteiger partial charge in [0, 0.05) is 12.0 Å². The number of hydrogen-bond donors (Lipinski definition) is 0. The van der Waals surface area contributed by atoms with Crippen molar-refractivity contribution < 1.29 is 18.4 Å². The van der Waals surface area contributed by atoms with Crippen LogP contribution in [0.15, 0.2) is 8.94 Å². The van der Waals surface area contributed by atoms with Crippen molar-refractivity contribution in [2.24, 2.45) is 0 Å². The SMILES string of the molecule is Cc1noc(C)c1C(C)(C)c1nnc(C2(OC(C)C)CCOC2)o1. The van der Waals surface area contributed by atoms with Crippen LogP contribution in [-0.2, 0) is 20.5 Å². The number of rotatable bonds is 5. The summed E-state index contributed by atoms with van der Waals surface area (Å²) in [5, 5.41) is 12.6. The molecule has 3 heterocycles. The summed E-state index contributed by atoms with van der Waals surface area (Å²) >= 11 is 0. The average molecular weight is 335 g/mol. The van der Waals surface area contributed by atoms with Crippen molar-refractivity contribution in [3.8, 4) is 0 Å². The molecule has 24 heavy (non-hydrogen) atoms. The molecule has 2 aromatic rings. The largest absolute Gasteiger partial charge is 0.421 e. The standard InChI is InChI=1S/C17H25N3O4/c1-10(2)23-17(7-8-21-9-17)15-19-18-14(22-15)16(5,6)13-11(3)20-24-12(13)4/h10H,7-9H2,1-6H3. The van der Waals surface area contributed by atoms with E-state index < -0.39 is 11.0 Å². The highest BCUT2D eigenvalue weighted by Gasteiger charge is 2.45. The molecule has 0 N–H and O–H groups in total. The molecule has 2 aromatic heterocycles. The fourth-order valence-electron chi connectivity index (χ4n) is 3.45. The smallest absolute Gasteiger partial charge is 0.250 e. The normalized spacial score (nSPS) is 21.8. The summed E-state index contributed by atoms with van der Waals surface area (Å²) in [5.74, 6) is 1.75. The van der Waals surface area contributed by atoms with Gasteiger partial charge in [-0.15, -0.1) is 10.2 Å². The highest BCUT2D eigenvalue weighted by Crippen LogP contribution is 2.39. The summed E-state index contributed by atoms with van der Waals surface area (Å²) in [6, 6.07) is 0. The predicted octanol–water partition coefficient (Wildman–Crippen LogP) is 3.04. The minimum atomic E-state index is -0.658. The minimum absolute atomic E-state index is 0.0395. The lowest BCUT2D eigenvalue weighted by atomic mass is 9.83. The first-order chi connectivity index (χ1) is 11.3. The molecule has 0 amide bonds. The van der Waals surface area contributed by atoms with E-state index in [-0.39, 0.29) is 6.10 Å². The van der Waals surface area contributed by atoms with Crippen LogP contribution in [0, 0.1) is 13.8 Å². The first kappa shape index (κ1) is 17.1. The Balaban J connectivity index is 1.98. The first-order valence-electron chi connectivity index (χ1n) is 8.29. The molecule has 0 aromatic carbocycles. The number of nitrogens with zero attached hydrogens (tertiary/aromatic N) is 3. The van der Waals surface area contributed by atoms with Crippen molar-refractivity contribution in [3.05, 3.63) is 28.8 Å². The molecule has 3 rings (SSSR count). The molecule has 1 fully saturated rings. The maximum atomic E-state index is 6.10. The van der Waals surface area contributed by atoms with Gasteiger partial charge < -0.3 is 18.4 Å². The molecule has 1 atom stereocenters. The third kappa shape index (κ3) is 2.75. The third-order valence-electron chi connectivity index (χ3n) is 4.45. The van der Waals surface area contributed by atoms with E-state index in [4.69, 9.17) is 18.4 Å². The maximum absolute atomic E-state index is 6.10. The molecule has 1 saturated heterocycles. The van der Waals surface area contributed by atoms with Gasteiger partial charge in [-0.2, -0.15) is 0 Å². The topological polar surface area (TPSA) is 83.4 Å². The van der Waals surface area contributed by atoms with Crippen LogP contribution in [0.5, 0.6) is 0 Å². The number of ether oxygens (including phenoxy) is 2. The summed E-state index contributed by atoms with van der Waals surface area (Å²) in [6.45, 7) is 12.9. The molecule has 7 nitrogen and oxygen atoms in total. The third-order valence-corrected chi connectivity index (χ3v) is 4.45. The van der Waals surface area contributed by atoms with Crippen molar-refractivity contribution in [1.29, 1.82) is 0 Å². The molecule has 0 saturated carbocycles. The highest BCUT2D eigenvalue weighted by atomic mass is 16.6. The van der Waals surface area contributed by atoms with Crippen molar-refractivity contribution in [1.82, 2.24) is 15.4 Å². The van der Waals surface area contributed by atoms with Crippen LogP contribution in [0.2, 0.25) is 0 Å². The Labute approximate surface area is 141 Å². The molecule has 0 radical (unpaired) electrons. The first-order valence-corrected chi connectivity index (χ1v) is 8.29. The van der Waals surface area contributed by atoms with Gasteiger partial charge in [0.25, 0.3) is 5.89 Å². The minimum Gasteiger partial charge on any atom is -0.421 e. The quantitative estimate of drug-likeness (QED) is 0.830. The average Bonchev–Trinajstić information content (AvgIpc) is 3.18. The van der Waals surface area contributed by atoms with E-state index in [1.807, 2.05) is 41.5 Å². The van der Waals surface area contributed by atoms with Crippen LogP contribution in [-0.4, -0.2) is 34.7 Å². The van der Waals surface area contributed by atoms with Gasteiger partial charge in [-0.3, -0.25) is 0 Å². The van der Waals surface area contributed by atoms with Gasteiger partial charge in [0.15, 0.2) is 5.60 Å². The molecular weight excluding hydrogens is 310 g/mol. The Hall–Kier alpha value is -1.73. The monoisotopic (exact) mass is 335 g/mol. The zero-order valence-corrected chi connectivity index (χ0v) is 15.2. The van der Waals surface area contributed by atoms with Gasteiger partial charge in [0.1, 0.15) is 5.76 Å². The number of aryl methyl sites for hydroxylation is 2. The predicted molar refractivity (Wildman–Crippen MR) is 85.7 cm³/mol. The van der Waals surface area contributed by atoms with Gasteiger partial charge in [-0.25, -0.2) is 0 Å². The molecule has 7 heteroatoms. The zero-order valence-electron chi connectivity index (χ0n) is 15.2. The Morgan fingerprint density at radius 2 is 1.96 bits per heavy atom. The molecule has 1 unspecified atom stereocenters. The lowest BCUT2D eigenvalue weighted by Gasteiger charge is -2.26. The summed E-state index contributed by atoms with van der Waals surface area (Å²) in [7, 11) is 0. The van der Waals surface area contributed by atoms with Gasteiger partial charge in [0.2, 0.25) is 5.89 Å². The maximum Gasteiger partial charge on any atom is 0.250 e. The fraction of sp³-hybridized carbons (Fsp3) is 0.706. The van der Waals surface area contributed by atoms with E-state index in [9.17, 15) is 0 Å². The molecule has 0 spiro atoms. The molecule has 0 aliphatic carbocycles. The van der Waals surface area contributed by atoms with Crippen molar-refractivity contribution in [3.63, 3.8) is 0 Å². The highest BCUT2D eigenvalue weighted by molar-refractivity contribution is 5.34. The fourth-order valence-corrected chi connectivity index (χ4v) is 3.45. The van der Waals surface area contributed by atoms with Gasteiger partial charge in [-0.05, 0) is 41.5 Å². The second-order valence-electron chi connectivity index (χ2n) is 7.20. The lowest BCUT2D eigenvalue weighted by Crippen LogP contribution is -2.33. The molecule has 0 bridgehead atoms. The molecule has 1 aliphatic heterocycles. The van der Waals surface area contributed by atoms with Crippen molar-refractivity contribution in [2.75, 3.05) is 13.2 Å². The summed E-state index contributed by atoms with van der Waals surface area (Å²) in [5.41, 5.74) is 0.639. The Kier molecular flexibility index (Phi) is 4.25. The van der Waals surface area contributed by atoms with Crippen LogP contribution in [0.25, 0.3) is 0 Å². The number of aromatic nitrogens is 3. The number of hydrogen-bond acceptors (Lipinski definition) is 7. The Bertz CT molecular complexity index is 692. The Morgan fingerprint density at radius 1 is 1.21 bits per heavy atom. The van der Waals surface area contributed by atoms with E-state index in [0.29, 0.717) is 31.4 Å². The molecule has 1 aliphatic rings. The van der Waals surface area contributed by atoms with Crippen molar-refractivity contribution >= 4 is 0 Å². The van der Waals surface area contributed by atoms with Gasteiger partial charge in [0.05, 0.1) is 30.4 Å². The van der Waals surface area contributed by atoms with Gasteiger partial charge >= 0.3 is 0 Å². The summed E-state index contributed by atoms with van der Waals surface area (Å²) in [4.78, 5) is 0. The summed E-state index contributed by atoms with van der Waals surface area (Å²) in [6.07, 6.45) is 0.746. The molecule has 132 valence electrons. The summed E-state index contributed by atoms with van der Waals surface area (Å²) < 4.78 is 23.0. The van der Waals surface area contributed by atoms with E-state index in [2.05, 4.69) is 15.4 Å². The van der Waals surface area contributed by atoms with Gasteiger partial charge in [-0.1, -0.05) is 5.16 Å². The Morgan fingerprint density at radius 3 is 2.50 bits per heavy atom. The second kappa shape index (κ2) is 5.97. The van der Waals surface area contributed by atoms with Crippen LogP contribution in [0.4, 0.5) is 0 Å². The second-order valence-corrected chi connectivity index (χ2v) is 7.20. The van der Waals surface area contributed by atoms with Crippen LogP contribution in [0.3, 0.4) is 0 Å². The van der Waals surface area contributed by atoms with Crippen LogP contribution < -0.4 is 0 Å². The molecular formula is C17H25N3O4. The van der Waals surface area contributed by atoms with Crippen LogP contribution in [0.1, 0.15) is 62.9 Å². The van der Waals surface area contributed by atoms with E-state index in [1.165, 1.54) is 0 Å². The van der Waals surface area contributed by atoms with E-state index in [1.54, 1.807) is 0 Å². The van der Waals surface area contributed by atoms with E-state index in [0.717, 1.165) is 17.0 Å². The van der Waals surface area contributed by atoms with Crippen molar-refractivity contribution in [2.45, 2.75) is 65.1 Å². The zero-order chi connectivity index (χ0) is 17.5. The van der Waals surface area contributed by atoms with E-state index >= 15 is 0 Å². The van der Waals surface area contributed by atoms with Crippen LogP contribution >= 0.6 is 0 Å². The lowest BCUT2D eigenvalue weighted by molar-refractivity contribution is -0.103.